The van der Waals surface area contributed by atoms with Crippen molar-refractivity contribution in [3.63, 3.8) is 0 Å². The Labute approximate surface area is 122 Å². The summed E-state index contributed by atoms with van der Waals surface area (Å²) in [6.07, 6.45) is 1.15. The second-order valence-electron chi connectivity index (χ2n) is 5.58. The lowest BCUT2D eigenvalue weighted by molar-refractivity contribution is -0.135. The van der Waals surface area contributed by atoms with Crippen LogP contribution in [0.15, 0.2) is 30.3 Å². The van der Waals surface area contributed by atoms with Gasteiger partial charge in [0.2, 0.25) is 5.91 Å². The average molecular weight is 274 g/mol. The van der Waals surface area contributed by atoms with E-state index in [4.69, 9.17) is 0 Å². The smallest absolute Gasteiger partial charge is 0.239 e. The molecule has 0 N–H and O–H groups in total. The number of amides is 1. The van der Waals surface area contributed by atoms with E-state index in [1.165, 1.54) is 5.56 Å². The molecular formula is C17H26N2O. The van der Waals surface area contributed by atoms with Crippen molar-refractivity contribution in [2.75, 3.05) is 26.2 Å². The van der Waals surface area contributed by atoms with Gasteiger partial charge >= 0.3 is 0 Å². The maximum absolute atomic E-state index is 12.4. The van der Waals surface area contributed by atoms with Crippen LogP contribution < -0.4 is 0 Å². The molecule has 1 aromatic carbocycles. The molecule has 0 aliphatic carbocycles. The SMILES string of the molecule is CCN(CC)C(=O)C(C)N1CCC(c2ccccc2)C1. The Morgan fingerprint density at radius 1 is 1.30 bits per heavy atom. The first kappa shape index (κ1) is 15.0. The van der Waals surface area contributed by atoms with E-state index in [0.29, 0.717) is 5.92 Å². The van der Waals surface area contributed by atoms with Crippen molar-refractivity contribution in [1.82, 2.24) is 9.80 Å². The summed E-state index contributed by atoms with van der Waals surface area (Å²) in [5, 5.41) is 0. The Morgan fingerprint density at radius 3 is 2.55 bits per heavy atom. The molecule has 2 unspecified atom stereocenters. The van der Waals surface area contributed by atoms with Gasteiger partial charge in [-0.15, -0.1) is 0 Å². The molecule has 110 valence electrons. The van der Waals surface area contributed by atoms with Crippen LogP contribution in [0.5, 0.6) is 0 Å². The standard InChI is InChI=1S/C17H26N2O/c1-4-18(5-2)17(20)14(3)19-12-11-16(13-19)15-9-7-6-8-10-15/h6-10,14,16H,4-5,11-13H2,1-3H3. The van der Waals surface area contributed by atoms with Crippen LogP contribution in [0.25, 0.3) is 0 Å². The summed E-state index contributed by atoms with van der Waals surface area (Å²) >= 11 is 0. The maximum Gasteiger partial charge on any atom is 0.239 e. The summed E-state index contributed by atoms with van der Waals surface area (Å²) in [5.41, 5.74) is 1.40. The molecule has 2 atom stereocenters. The minimum absolute atomic E-state index is 0.00334. The van der Waals surface area contributed by atoms with Crippen LogP contribution >= 0.6 is 0 Å². The minimum Gasteiger partial charge on any atom is -0.342 e. The van der Waals surface area contributed by atoms with Crippen LogP contribution in [0.2, 0.25) is 0 Å². The quantitative estimate of drug-likeness (QED) is 0.824. The number of likely N-dealkylation sites (N-methyl/N-ethyl adjacent to an activating group) is 1. The van der Waals surface area contributed by atoms with Gasteiger partial charge in [-0.3, -0.25) is 9.69 Å². The number of rotatable bonds is 5. The lowest BCUT2D eigenvalue weighted by atomic mass is 9.99. The molecule has 3 nitrogen and oxygen atoms in total. The molecule has 1 saturated heterocycles. The van der Waals surface area contributed by atoms with E-state index < -0.39 is 0 Å². The largest absolute Gasteiger partial charge is 0.342 e. The Morgan fingerprint density at radius 2 is 1.95 bits per heavy atom. The third-order valence-electron chi connectivity index (χ3n) is 4.47. The van der Waals surface area contributed by atoms with Crippen molar-refractivity contribution < 1.29 is 4.79 Å². The van der Waals surface area contributed by atoms with Crippen LogP contribution in [-0.4, -0.2) is 47.9 Å². The Bertz CT molecular complexity index is 428. The number of carbonyl (C=O) groups excluding carboxylic acids is 1. The lowest BCUT2D eigenvalue weighted by Crippen LogP contribution is -2.46. The molecule has 2 rings (SSSR count). The van der Waals surface area contributed by atoms with E-state index in [1.807, 2.05) is 25.7 Å². The maximum atomic E-state index is 12.4. The van der Waals surface area contributed by atoms with Gasteiger partial charge in [0.15, 0.2) is 0 Å². The van der Waals surface area contributed by atoms with E-state index in [9.17, 15) is 4.79 Å². The number of nitrogens with zero attached hydrogens (tertiary/aromatic N) is 2. The predicted octanol–water partition coefficient (Wildman–Crippen LogP) is 2.73. The number of hydrogen-bond donors (Lipinski definition) is 0. The van der Waals surface area contributed by atoms with E-state index in [0.717, 1.165) is 32.6 Å². The van der Waals surface area contributed by atoms with Crippen LogP contribution in [0.1, 0.15) is 38.7 Å². The fraction of sp³-hybridized carbons (Fsp3) is 0.588. The van der Waals surface area contributed by atoms with Crippen molar-refractivity contribution in [1.29, 1.82) is 0 Å². The summed E-state index contributed by atoms with van der Waals surface area (Å²) < 4.78 is 0. The zero-order valence-electron chi connectivity index (χ0n) is 12.9. The molecule has 3 heteroatoms. The number of likely N-dealkylation sites (tertiary alicyclic amines) is 1. The highest BCUT2D eigenvalue weighted by Gasteiger charge is 2.31. The monoisotopic (exact) mass is 274 g/mol. The average Bonchev–Trinajstić information content (AvgIpc) is 2.98. The topological polar surface area (TPSA) is 23.6 Å². The van der Waals surface area contributed by atoms with Crippen LogP contribution in [0, 0.1) is 0 Å². The Hall–Kier alpha value is -1.35. The molecule has 0 aromatic heterocycles. The van der Waals surface area contributed by atoms with Gasteiger partial charge in [-0.1, -0.05) is 30.3 Å². The van der Waals surface area contributed by atoms with Crippen LogP contribution in [0.3, 0.4) is 0 Å². The number of hydrogen-bond acceptors (Lipinski definition) is 2. The summed E-state index contributed by atoms with van der Waals surface area (Å²) in [4.78, 5) is 16.7. The highest BCUT2D eigenvalue weighted by atomic mass is 16.2. The van der Waals surface area contributed by atoms with Gasteiger partial charge in [-0.05, 0) is 45.2 Å². The third-order valence-corrected chi connectivity index (χ3v) is 4.47. The molecule has 0 spiro atoms. The molecule has 1 fully saturated rings. The lowest BCUT2D eigenvalue weighted by Gasteiger charge is -2.29. The van der Waals surface area contributed by atoms with Gasteiger partial charge in [-0.2, -0.15) is 0 Å². The zero-order valence-corrected chi connectivity index (χ0v) is 12.9. The van der Waals surface area contributed by atoms with Crippen molar-refractivity contribution in [3.8, 4) is 0 Å². The molecule has 1 aliphatic rings. The van der Waals surface area contributed by atoms with E-state index >= 15 is 0 Å². The fourth-order valence-electron chi connectivity index (χ4n) is 3.09. The molecular weight excluding hydrogens is 248 g/mol. The normalized spacial score (nSPS) is 20.9. The van der Waals surface area contributed by atoms with Crippen molar-refractivity contribution in [2.45, 2.75) is 39.2 Å². The Kier molecular flexibility index (Phi) is 5.18. The molecule has 1 heterocycles. The van der Waals surface area contributed by atoms with Gasteiger partial charge in [0.25, 0.3) is 0 Å². The van der Waals surface area contributed by atoms with E-state index in [2.05, 4.69) is 35.2 Å². The molecule has 1 aromatic rings. The van der Waals surface area contributed by atoms with Crippen molar-refractivity contribution in [2.24, 2.45) is 0 Å². The summed E-state index contributed by atoms with van der Waals surface area (Å²) in [6, 6.07) is 10.7. The van der Waals surface area contributed by atoms with Gasteiger partial charge in [-0.25, -0.2) is 0 Å². The summed E-state index contributed by atoms with van der Waals surface area (Å²) in [7, 11) is 0. The van der Waals surface area contributed by atoms with Gasteiger partial charge in [0.05, 0.1) is 6.04 Å². The highest BCUT2D eigenvalue weighted by Crippen LogP contribution is 2.28. The summed E-state index contributed by atoms with van der Waals surface area (Å²) in [6.45, 7) is 9.76. The van der Waals surface area contributed by atoms with Crippen LogP contribution in [0.4, 0.5) is 0 Å². The number of carbonyl (C=O) groups is 1. The molecule has 0 bridgehead atoms. The van der Waals surface area contributed by atoms with Gasteiger partial charge in [0, 0.05) is 19.6 Å². The molecule has 0 radical (unpaired) electrons. The second kappa shape index (κ2) is 6.89. The summed E-state index contributed by atoms with van der Waals surface area (Å²) in [5.74, 6) is 0.840. The predicted molar refractivity (Wildman–Crippen MR) is 82.8 cm³/mol. The van der Waals surface area contributed by atoms with E-state index in [-0.39, 0.29) is 11.9 Å². The molecule has 20 heavy (non-hydrogen) atoms. The molecule has 1 aliphatic heterocycles. The van der Waals surface area contributed by atoms with Gasteiger partial charge in [0.1, 0.15) is 0 Å². The first-order chi connectivity index (χ1) is 9.67. The fourth-order valence-corrected chi connectivity index (χ4v) is 3.09. The Balaban J connectivity index is 1.97. The van der Waals surface area contributed by atoms with Crippen molar-refractivity contribution in [3.05, 3.63) is 35.9 Å². The number of benzene rings is 1. The van der Waals surface area contributed by atoms with Gasteiger partial charge < -0.3 is 4.90 Å². The minimum atomic E-state index is 0.00334. The zero-order chi connectivity index (χ0) is 14.5. The first-order valence-corrected chi connectivity index (χ1v) is 7.75. The van der Waals surface area contributed by atoms with Crippen LogP contribution in [-0.2, 0) is 4.79 Å². The van der Waals surface area contributed by atoms with E-state index in [1.54, 1.807) is 0 Å². The first-order valence-electron chi connectivity index (χ1n) is 7.75. The second-order valence-corrected chi connectivity index (χ2v) is 5.58. The van der Waals surface area contributed by atoms with Crippen molar-refractivity contribution >= 4 is 5.91 Å². The molecule has 0 saturated carbocycles. The molecule has 1 amide bonds. The highest BCUT2D eigenvalue weighted by molar-refractivity contribution is 5.81. The third kappa shape index (κ3) is 3.21.